The lowest BCUT2D eigenvalue weighted by molar-refractivity contribution is -0.200. The standard InChI is InChI=1S/C30H31F3N2O5S/c1-21(30(31,32)33)39-28(36)35-16-13-29(14-17-35)12-11-25-18-24(9-10-27(25)40-29)23-7-5-22(6-8-23)19-41(37,38)20-26-4-2-3-15-34-26/h2-10,15,18,21H,11-14,16-17,19-20H2,1H3/t21-/m1/s1. The van der Waals surface area contributed by atoms with Gasteiger partial charge in [0.1, 0.15) is 11.4 Å². The van der Waals surface area contributed by atoms with Crippen LogP contribution in [0.1, 0.15) is 43.0 Å². The molecule has 218 valence electrons. The van der Waals surface area contributed by atoms with Crippen LogP contribution < -0.4 is 4.74 Å². The van der Waals surface area contributed by atoms with E-state index in [0.29, 0.717) is 24.1 Å². The van der Waals surface area contributed by atoms with E-state index in [2.05, 4.69) is 15.8 Å². The summed E-state index contributed by atoms with van der Waals surface area (Å²) in [6.45, 7) is 1.35. The van der Waals surface area contributed by atoms with Crippen molar-refractivity contribution in [2.75, 3.05) is 13.1 Å². The van der Waals surface area contributed by atoms with Crippen LogP contribution in [0.15, 0.2) is 66.9 Å². The van der Waals surface area contributed by atoms with Crippen molar-refractivity contribution in [3.63, 3.8) is 0 Å². The summed E-state index contributed by atoms with van der Waals surface area (Å²) < 4.78 is 74.5. The van der Waals surface area contributed by atoms with Crippen molar-refractivity contribution in [1.82, 2.24) is 9.88 Å². The zero-order chi connectivity index (χ0) is 29.3. The summed E-state index contributed by atoms with van der Waals surface area (Å²) in [5, 5.41) is 0. The third kappa shape index (κ3) is 7.01. The van der Waals surface area contributed by atoms with Gasteiger partial charge in [-0.1, -0.05) is 36.4 Å². The summed E-state index contributed by atoms with van der Waals surface area (Å²) >= 11 is 0. The molecule has 41 heavy (non-hydrogen) atoms. The summed E-state index contributed by atoms with van der Waals surface area (Å²) in [7, 11) is -3.36. The number of rotatable bonds is 6. The first-order chi connectivity index (χ1) is 19.4. The van der Waals surface area contributed by atoms with Crippen molar-refractivity contribution in [1.29, 1.82) is 0 Å². The topological polar surface area (TPSA) is 85.8 Å². The van der Waals surface area contributed by atoms with E-state index in [1.54, 1.807) is 24.4 Å². The van der Waals surface area contributed by atoms with E-state index in [-0.39, 0.29) is 24.6 Å². The van der Waals surface area contributed by atoms with Crippen LogP contribution in [0.2, 0.25) is 0 Å². The van der Waals surface area contributed by atoms with Gasteiger partial charge in [-0.25, -0.2) is 13.2 Å². The Kier molecular flexibility index (Phi) is 8.00. The smallest absolute Gasteiger partial charge is 0.425 e. The van der Waals surface area contributed by atoms with Gasteiger partial charge in [0, 0.05) is 32.1 Å². The molecule has 1 saturated heterocycles. The van der Waals surface area contributed by atoms with Crippen molar-refractivity contribution in [2.24, 2.45) is 0 Å². The van der Waals surface area contributed by atoms with Gasteiger partial charge in [0.25, 0.3) is 0 Å². The SMILES string of the molecule is C[C@@H](OC(=O)N1CCC2(CCc3cc(-c4ccc(CS(=O)(=O)Cc5ccccn5)cc4)ccc3O2)CC1)C(F)(F)F. The minimum atomic E-state index is -4.59. The minimum Gasteiger partial charge on any atom is -0.487 e. The number of carbonyl (C=O) groups excluding carboxylic acids is 1. The van der Waals surface area contributed by atoms with Crippen LogP contribution in [0.25, 0.3) is 11.1 Å². The predicted molar refractivity (Wildman–Crippen MR) is 147 cm³/mol. The molecule has 0 bridgehead atoms. The summed E-state index contributed by atoms with van der Waals surface area (Å²) in [6.07, 6.45) is -3.60. The second-order valence-corrected chi connectivity index (χ2v) is 12.8. The van der Waals surface area contributed by atoms with E-state index in [9.17, 15) is 26.4 Å². The number of hydrogen-bond donors (Lipinski definition) is 0. The Balaban J connectivity index is 1.19. The highest BCUT2D eigenvalue weighted by molar-refractivity contribution is 7.89. The van der Waals surface area contributed by atoms with E-state index in [0.717, 1.165) is 42.2 Å². The molecule has 1 aromatic heterocycles. The van der Waals surface area contributed by atoms with Crippen molar-refractivity contribution < 1.29 is 35.9 Å². The number of pyridine rings is 1. The van der Waals surface area contributed by atoms with Gasteiger partial charge in [-0.05, 0) is 66.3 Å². The first-order valence-corrected chi connectivity index (χ1v) is 15.3. The number of likely N-dealkylation sites (tertiary alicyclic amines) is 1. The lowest BCUT2D eigenvalue weighted by atomic mass is 9.82. The molecular weight excluding hydrogens is 557 g/mol. The largest absolute Gasteiger partial charge is 0.487 e. The van der Waals surface area contributed by atoms with E-state index in [1.165, 1.54) is 4.90 Å². The monoisotopic (exact) mass is 588 g/mol. The van der Waals surface area contributed by atoms with Crippen LogP contribution in [0.4, 0.5) is 18.0 Å². The van der Waals surface area contributed by atoms with Gasteiger partial charge >= 0.3 is 12.3 Å². The number of fused-ring (bicyclic) bond motifs is 1. The second kappa shape index (κ2) is 11.3. The van der Waals surface area contributed by atoms with Gasteiger partial charge < -0.3 is 14.4 Å². The normalized spacial score (nSPS) is 17.4. The number of nitrogens with zero attached hydrogens (tertiary/aromatic N) is 2. The van der Waals surface area contributed by atoms with Crippen LogP contribution in [0.3, 0.4) is 0 Å². The van der Waals surface area contributed by atoms with E-state index >= 15 is 0 Å². The third-order valence-corrected chi connectivity index (χ3v) is 9.18. The number of ether oxygens (including phenoxy) is 2. The molecule has 1 atom stereocenters. The number of amides is 1. The van der Waals surface area contributed by atoms with Crippen molar-refractivity contribution in [3.05, 3.63) is 83.7 Å². The number of alkyl halides is 3. The third-order valence-electron chi connectivity index (χ3n) is 7.68. The molecule has 3 heterocycles. The number of aryl methyl sites for hydroxylation is 1. The zero-order valence-electron chi connectivity index (χ0n) is 22.6. The van der Waals surface area contributed by atoms with Crippen molar-refractivity contribution in [3.8, 4) is 16.9 Å². The van der Waals surface area contributed by atoms with Gasteiger partial charge in [0.15, 0.2) is 15.9 Å². The number of aromatic nitrogens is 1. The molecule has 2 aromatic carbocycles. The summed E-state index contributed by atoms with van der Waals surface area (Å²) in [5.41, 5.74) is 3.75. The number of sulfone groups is 1. The maximum absolute atomic E-state index is 12.7. The number of halogens is 3. The first-order valence-electron chi connectivity index (χ1n) is 13.5. The number of piperidine rings is 1. The molecule has 0 unspecified atom stereocenters. The molecule has 2 aliphatic heterocycles. The molecule has 7 nitrogen and oxygen atoms in total. The maximum Gasteiger partial charge on any atom is 0.425 e. The molecule has 0 aliphatic carbocycles. The molecule has 1 fully saturated rings. The van der Waals surface area contributed by atoms with Gasteiger partial charge in [0.05, 0.1) is 17.2 Å². The first kappa shape index (κ1) is 28.9. The van der Waals surface area contributed by atoms with Crippen molar-refractivity contribution in [2.45, 2.75) is 62.0 Å². The lowest BCUT2D eigenvalue weighted by Gasteiger charge is -2.44. The average molecular weight is 589 g/mol. The van der Waals surface area contributed by atoms with E-state index in [4.69, 9.17) is 4.74 Å². The molecule has 5 rings (SSSR count). The molecule has 0 N–H and O–H groups in total. The minimum absolute atomic E-state index is 0.0690. The Morgan fingerprint density at radius 2 is 1.73 bits per heavy atom. The van der Waals surface area contributed by atoms with E-state index in [1.807, 2.05) is 36.4 Å². The van der Waals surface area contributed by atoms with Gasteiger partial charge in [-0.3, -0.25) is 4.98 Å². The van der Waals surface area contributed by atoms with Crippen LogP contribution in [0.5, 0.6) is 5.75 Å². The predicted octanol–water partition coefficient (Wildman–Crippen LogP) is 6.11. The molecule has 11 heteroatoms. The van der Waals surface area contributed by atoms with E-state index < -0.39 is 33.8 Å². The van der Waals surface area contributed by atoms with Gasteiger partial charge in [0.2, 0.25) is 0 Å². The van der Waals surface area contributed by atoms with Crippen LogP contribution in [-0.4, -0.2) is 55.4 Å². The Bertz CT molecular complexity index is 1490. The highest BCUT2D eigenvalue weighted by Gasteiger charge is 2.43. The fourth-order valence-corrected chi connectivity index (χ4v) is 6.67. The molecular formula is C30H31F3N2O5S. The average Bonchev–Trinajstić information content (AvgIpc) is 2.93. The Morgan fingerprint density at radius 1 is 1.02 bits per heavy atom. The quantitative estimate of drug-likeness (QED) is 0.346. The second-order valence-electron chi connectivity index (χ2n) is 10.7. The van der Waals surface area contributed by atoms with Gasteiger partial charge in [-0.2, -0.15) is 13.2 Å². The molecule has 2 aliphatic rings. The summed E-state index contributed by atoms with van der Waals surface area (Å²) in [5.74, 6) is 0.584. The highest BCUT2D eigenvalue weighted by Crippen LogP contribution is 2.41. The zero-order valence-corrected chi connectivity index (χ0v) is 23.4. The van der Waals surface area contributed by atoms with Crippen LogP contribution in [0, 0.1) is 0 Å². The number of hydrogen-bond acceptors (Lipinski definition) is 6. The lowest BCUT2D eigenvalue weighted by Crippen LogP contribution is -2.52. The number of benzene rings is 2. The van der Waals surface area contributed by atoms with Crippen LogP contribution in [-0.2, 0) is 32.5 Å². The highest BCUT2D eigenvalue weighted by atomic mass is 32.2. The molecule has 1 spiro atoms. The molecule has 0 radical (unpaired) electrons. The molecule has 0 saturated carbocycles. The Morgan fingerprint density at radius 3 is 2.39 bits per heavy atom. The molecule has 1 amide bonds. The number of carbonyl (C=O) groups is 1. The van der Waals surface area contributed by atoms with Crippen LogP contribution >= 0.6 is 0 Å². The Labute approximate surface area is 237 Å². The summed E-state index contributed by atoms with van der Waals surface area (Å²) in [6, 6.07) is 18.6. The fraction of sp³-hybridized carbons (Fsp3) is 0.400. The maximum atomic E-state index is 12.7. The van der Waals surface area contributed by atoms with Crippen molar-refractivity contribution >= 4 is 15.9 Å². The Hall–Kier alpha value is -3.60. The molecule has 3 aromatic rings. The summed E-state index contributed by atoms with van der Waals surface area (Å²) in [4.78, 5) is 17.6. The fourth-order valence-electron chi connectivity index (χ4n) is 5.25. The van der Waals surface area contributed by atoms with Gasteiger partial charge in [-0.15, -0.1) is 0 Å².